The van der Waals surface area contributed by atoms with E-state index in [-0.39, 0.29) is 6.03 Å². The molecule has 2 aliphatic rings. The van der Waals surface area contributed by atoms with Crippen LogP contribution in [0.4, 0.5) is 4.79 Å². The maximum absolute atomic E-state index is 12.2. The Morgan fingerprint density at radius 1 is 1.35 bits per heavy atom. The number of carbonyl (C=O) groups is 1. The molecule has 0 bridgehead atoms. The van der Waals surface area contributed by atoms with Gasteiger partial charge in [0.2, 0.25) is 0 Å². The predicted octanol–water partition coefficient (Wildman–Crippen LogP) is 2.58. The van der Waals surface area contributed by atoms with Crippen molar-refractivity contribution in [3.8, 4) is 0 Å². The van der Waals surface area contributed by atoms with Gasteiger partial charge in [0.15, 0.2) is 0 Å². The molecule has 0 atom stereocenters. The number of H-pyrrole nitrogens is 1. The van der Waals surface area contributed by atoms with Crippen molar-refractivity contribution in [2.24, 2.45) is 0 Å². The molecule has 0 radical (unpaired) electrons. The summed E-state index contributed by atoms with van der Waals surface area (Å²) in [6.07, 6.45) is 5.79. The molecule has 2 aliphatic heterocycles. The summed E-state index contributed by atoms with van der Waals surface area (Å²) in [6.45, 7) is 2.30. The van der Waals surface area contributed by atoms with Gasteiger partial charge < -0.3 is 9.88 Å². The van der Waals surface area contributed by atoms with Crippen molar-refractivity contribution in [1.82, 2.24) is 14.8 Å². The van der Waals surface area contributed by atoms with Gasteiger partial charge >= 0.3 is 6.03 Å². The third kappa shape index (κ3) is 1.82. The van der Waals surface area contributed by atoms with Gasteiger partial charge in [0.1, 0.15) is 0 Å². The fourth-order valence-electron chi connectivity index (χ4n) is 2.39. The molecule has 90 valence electrons. The molecule has 0 aliphatic carbocycles. The van der Waals surface area contributed by atoms with E-state index in [9.17, 15) is 4.79 Å². The van der Waals surface area contributed by atoms with Gasteiger partial charge in [0.05, 0.1) is 11.6 Å². The topological polar surface area (TPSA) is 39.3 Å². The molecule has 17 heavy (non-hydrogen) atoms. The number of halogens is 1. The molecule has 1 saturated heterocycles. The van der Waals surface area contributed by atoms with E-state index in [2.05, 4.69) is 4.98 Å². The van der Waals surface area contributed by atoms with Crippen LogP contribution in [0.25, 0.3) is 5.03 Å². The molecular weight excluding hydrogens is 238 g/mol. The van der Waals surface area contributed by atoms with Crippen LogP contribution in [-0.4, -0.2) is 33.9 Å². The lowest BCUT2D eigenvalue weighted by Gasteiger charge is -2.27. The van der Waals surface area contributed by atoms with Crippen LogP contribution in [-0.2, 0) is 6.54 Å². The van der Waals surface area contributed by atoms with Crippen LogP contribution in [0.5, 0.6) is 0 Å². The number of fused-ring (bicyclic) bond motifs is 1. The summed E-state index contributed by atoms with van der Waals surface area (Å²) >= 11 is 6.16. The molecule has 3 heterocycles. The van der Waals surface area contributed by atoms with Crippen LogP contribution in [0.2, 0.25) is 0 Å². The van der Waals surface area contributed by atoms with E-state index in [4.69, 9.17) is 11.6 Å². The largest absolute Gasteiger partial charge is 0.363 e. The number of hydrogen-bond acceptors (Lipinski definition) is 1. The molecule has 0 spiro atoms. The molecule has 0 unspecified atom stereocenters. The van der Waals surface area contributed by atoms with Crippen LogP contribution >= 0.6 is 11.6 Å². The van der Waals surface area contributed by atoms with Gasteiger partial charge in [-0.1, -0.05) is 11.6 Å². The van der Waals surface area contributed by atoms with E-state index in [1.54, 1.807) is 11.1 Å². The molecule has 3 rings (SSSR count). The van der Waals surface area contributed by atoms with Gasteiger partial charge in [-0.15, -0.1) is 0 Å². The summed E-state index contributed by atoms with van der Waals surface area (Å²) < 4.78 is 0. The number of aromatic nitrogens is 1. The molecule has 1 fully saturated rings. The summed E-state index contributed by atoms with van der Waals surface area (Å²) in [5.74, 6) is 0. The number of aromatic amines is 1. The van der Waals surface area contributed by atoms with Gasteiger partial charge in [-0.3, -0.25) is 4.90 Å². The number of hydrogen-bond donors (Lipinski definition) is 1. The number of rotatable bonds is 0. The van der Waals surface area contributed by atoms with Gasteiger partial charge in [-0.2, -0.15) is 0 Å². The highest BCUT2D eigenvalue weighted by Crippen LogP contribution is 2.29. The number of amides is 2. The van der Waals surface area contributed by atoms with Crippen molar-refractivity contribution in [3.05, 3.63) is 29.7 Å². The van der Waals surface area contributed by atoms with E-state index in [0.717, 1.165) is 37.2 Å². The third-order valence-electron chi connectivity index (χ3n) is 3.31. The molecule has 0 saturated carbocycles. The highest BCUT2D eigenvalue weighted by atomic mass is 35.5. The summed E-state index contributed by atoms with van der Waals surface area (Å²) in [7, 11) is 0. The molecule has 1 aromatic rings. The van der Waals surface area contributed by atoms with E-state index >= 15 is 0 Å². The summed E-state index contributed by atoms with van der Waals surface area (Å²) in [5, 5.41) is 0.625. The van der Waals surface area contributed by atoms with E-state index in [1.165, 1.54) is 0 Å². The average molecular weight is 252 g/mol. The van der Waals surface area contributed by atoms with Crippen LogP contribution in [0, 0.1) is 0 Å². The van der Waals surface area contributed by atoms with Crippen molar-refractivity contribution < 1.29 is 4.79 Å². The maximum Gasteiger partial charge on any atom is 0.324 e. The Hall–Kier alpha value is -1.42. The number of urea groups is 1. The molecule has 1 aromatic heterocycles. The zero-order chi connectivity index (χ0) is 11.8. The number of likely N-dealkylation sites (tertiary alicyclic amines) is 1. The predicted molar refractivity (Wildman–Crippen MR) is 66.4 cm³/mol. The fourth-order valence-corrected chi connectivity index (χ4v) is 2.69. The second-order valence-electron chi connectivity index (χ2n) is 4.45. The van der Waals surface area contributed by atoms with Crippen LogP contribution in [0.15, 0.2) is 18.5 Å². The van der Waals surface area contributed by atoms with E-state index in [1.807, 2.05) is 17.2 Å². The van der Waals surface area contributed by atoms with Gasteiger partial charge in [-0.25, -0.2) is 4.79 Å². The van der Waals surface area contributed by atoms with Crippen LogP contribution in [0.3, 0.4) is 0 Å². The fraction of sp³-hybridized carbons (Fsp3) is 0.417. The highest BCUT2D eigenvalue weighted by molar-refractivity contribution is 6.49. The summed E-state index contributed by atoms with van der Waals surface area (Å²) in [6, 6.07) is 1.99. The Morgan fingerprint density at radius 3 is 2.88 bits per heavy atom. The van der Waals surface area contributed by atoms with E-state index in [0.29, 0.717) is 11.6 Å². The SMILES string of the molecule is O=C(N1C=C(Cl)c2cc[nH]c2C1)N1CCCC1. The lowest BCUT2D eigenvalue weighted by atomic mass is 10.2. The Labute approximate surface area is 105 Å². The van der Waals surface area contributed by atoms with Crippen molar-refractivity contribution >= 4 is 22.7 Å². The molecular formula is C12H14ClN3O. The molecule has 1 N–H and O–H groups in total. The second-order valence-corrected chi connectivity index (χ2v) is 4.86. The monoisotopic (exact) mass is 251 g/mol. The van der Waals surface area contributed by atoms with E-state index < -0.39 is 0 Å². The Kier molecular flexibility index (Phi) is 2.59. The Morgan fingerprint density at radius 2 is 2.12 bits per heavy atom. The van der Waals surface area contributed by atoms with Gasteiger partial charge in [-0.05, 0) is 18.9 Å². The Balaban J connectivity index is 1.82. The minimum Gasteiger partial charge on any atom is -0.363 e. The highest BCUT2D eigenvalue weighted by Gasteiger charge is 2.26. The van der Waals surface area contributed by atoms with Crippen molar-refractivity contribution in [3.63, 3.8) is 0 Å². The quantitative estimate of drug-likeness (QED) is 0.756. The van der Waals surface area contributed by atoms with Crippen molar-refractivity contribution in [1.29, 1.82) is 0 Å². The number of nitrogens with zero attached hydrogens (tertiary/aromatic N) is 2. The smallest absolute Gasteiger partial charge is 0.324 e. The number of carbonyl (C=O) groups excluding carboxylic acids is 1. The molecule has 0 aromatic carbocycles. The minimum absolute atomic E-state index is 0.0564. The minimum atomic E-state index is 0.0564. The van der Waals surface area contributed by atoms with Crippen LogP contribution < -0.4 is 0 Å². The van der Waals surface area contributed by atoms with Crippen molar-refractivity contribution in [2.75, 3.05) is 13.1 Å². The first-order valence-corrected chi connectivity index (χ1v) is 6.23. The lowest BCUT2D eigenvalue weighted by Crippen LogP contribution is -2.39. The maximum atomic E-state index is 12.2. The normalized spacial score (nSPS) is 19.2. The van der Waals surface area contributed by atoms with Gasteiger partial charge in [0.25, 0.3) is 0 Å². The first kappa shape index (κ1) is 10.7. The average Bonchev–Trinajstić information content (AvgIpc) is 2.98. The summed E-state index contributed by atoms with van der Waals surface area (Å²) in [5.41, 5.74) is 2.00. The van der Waals surface area contributed by atoms with Crippen LogP contribution in [0.1, 0.15) is 24.1 Å². The lowest BCUT2D eigenvalue weighted by molar-refractivity contribution is 0.177. The second kappa shape index (κ2) is 4.11. The zero-order valence-corrected chi connectivity index (χ0v) is 10.2. The number of nitrogens with one attached hydrogen (secondary N) is 1. The third-order valence-corrected chi connectivity index (χ3v) is 3.61. The zero-order valence-electron chi connectivity index (χ0n) is 9.45. The summed E-state index contributed by atoms with van der Waals surface area (Å²) in [4.78, 5) is 18.9. The molecule has 2 amide bonds. The standard InChI is InChI=1S/C12H14ClN3O/c13-10-7-16(8-11-9(10)3-4-14-11)12(17)15-5-1-2-6-15/h3-4,7,14H,1-2,5-6,8H2. The first-order valence-electron chi connectivity index (χ1n) is 5.85. The Bertz CT molecular complexity index is 474. The van der Waals surface area contributed by atoms with Crippen molar-refractivity contribution in [2.45, 2.75) is 19.4 Å². The first-order chi connectivity index (χ1) is 8.25. The van der Waals surface area contributed by atoms with Gasteiger partial charge in [0, 0.05) is 36.7 Å². The molecule has 4 nitrogen and oxygen atoms in total. The molecule has 5 heteroatoms.